The van der Waals surface area contributed by atoms with Crippen LogP contribution in [0.1, 0.15) is 6.42 Å². The van der Waals surface area contributed by atoms with Crippen molar-refractivity contribution in [2.75, 3.05) is 13.2 Å². The molecule has 1 heterocycles. The summed E-state index contributed by atoms with van der Waals surface area (Å²) < 4.78 is 28.7. The van der Waals surface area contributed by atoms with Gasteiger partial charge in [0.2, 0.25) is 0 Å². The van der Waals surface area contributed by atoms with Crippen LogP contribution < -0.4 is 5.73 Å². The van der Waals surface area contributed by atoms with Gasteiger partial charge in [-0.05, 0) is 6.42 Å². The van der Waals surface area contributed by atoms with E-state index in [1.54, 1.807) is 0 Å². The highest BCUT2D eigenvalue weighted by atomic mass is 19.3. The summed E-state index contributed by atoms with van der Waals surface area (Å²) in [7, 11) is 0. The van der Waals surface area contributed by atoms with E-state index in [0.29, 0.717) is 19.6 Å². The topological polar surface area (TPSA) is 35.2 Å². The highest BCUT2D eigenvalue weighted by Crippen LogP contribution is 2.19. The van der Waals surface area contributed by atoms with Crippen molar-refractivity contribution in [1.29, 1.82) is 0 Å². The maximum absolute atomic E-state index is 11.9. The predicted octanol–water partition coefficient (Wildman–Crippen LogP) is 0.615. The molecule has 0 aromatic carbocycles. The van der Waals surface area contributed by atoms with Gasteiger partial charge >= 0.3 is 0 Å². The molecule has 1 aliphatic heterocycles. The van der Waals surface area contributed by atoms with Crippen molar-refractivity contribution in [3.8, 4) is 0 Å². The van der Waals surface area contributed by atoms with Gasteiger partial charge in [0, 0.05) is 12.5 Å². The van der Waals surface area contributed by atoms with Gasteiger partial charge in [-0.3, -0.25) is 0 Å². The molecule has 1 unspecified atom stereocenters. The molecule has 0 bridgehead atoms. The maximum Gasteiger partial charge on any atom is 0.253 e. The summed E-state index contributed by atoms with van der Waals surface area (Å²) in [5.74, 6) is -0.139. The lowest BCUT2D eigenvalue weighted by Gasteiger charge is -2.15. The third-order valence-electron chi connectivity index (χ3n) is 1.80. The van der Waals surface area contributed by atoms with Crippen LogP contribution in [-0.4, -0.2) is 25.7 Å². The summed E-state index contributed by atoms with van der Waals surface area (Å²) in [5, 5.41) is 0. The standard InChI is InChI=1S/C6H11F2NO/c7-6(8)5(9)4-1-2-10-3-4/h4-6H,1-3,9H2/t4?,5-/m1/s1. The van der Waals surface area contributed by atoms with Gasteiger partial charge in [-0.1, -0.05) is 0 Å². The number of rotatable bonds is 2. The van der Waals surface area contributed by atoms with Crippen molar-refractivity contribution in [1.82, 2.24) is 0 Å². The first-order valence-electron chi connectivity index (χ1n) is 3.33. The van der Waals surface area contributed by atoms with Crippen molar-refractivity contribution in [3.05, 3.63) is 0 Å². The van der Waals surface area contributed by atoms with Crippen LogP contribution in [0.4, 0.5) is 8.78 Å². The molecule has 0 aromatic heterocycles. The smallest absolute Gasteiger partial charge is 0.253 e. The molecule has 60 valence electrons. The third-order valence-corrected chi connectivity index (χ3v) is 1.80. The molecule has 1 rings (SSSR count). The molecule has 2 N–H and O–H groups in total. The zero-order valence-electron chi connectivity index (χ0n) is 5.59. The van der Waals surface area contributed by atoms with Crippen LogP contribution in [0.15, 0.2) is 0 Å². The largest absolute Gasteiger partial charge is 0.381 e. The van der Waals surface area contributed by atoms with E-state index in [-0.39, 0.29) is 5.92 Å². The molecular formula is C6H11F2NO. The minimum absolute atomic E-state index is 0.139. The fraction of sp³-hybridized carbons (Fsp3) is 1.00. The Kier molecular flexibility index (Phi) is 2.56. The Morgan fingerprint density at radius 3 is 2.60 bits per heavy atom. The Hall–Kier alpha value is -0.220. The third kappa shape index (κ3) is 1.64. The van der Waals surface area contributed by atoms with Crippen LogP contribution >= 0.6 is 0 Å². The monoisotopic (exact) mass is 151 g/mol. The number of nitrogens with two attached hydrogens (primary N) is 1. The van der Waals surface area contributed by atoms with Crippen molar-refractivity contribution >= 4 is 0 Å². The van der Waals surface area contributed by atoms with Crippen LogP contribution in [-0.2, 0) is 4.74 Å². The Morgan fingerprint density at radius 1 is 1.50 bits per heavy atom. The summed E-state index contributed by atoms with van der Waals surface area (Å²) >= 11 is 0. The van der Waals surface area contributed by atoms with Crippen molar-refractivity contribution < 1.29 is 13.5 Å². The first kappa shape index (κ1) is 7.88. The molecule has 4 heteroatoms. The summed E-state index contributed by atoms with van der Waals surface area (Å²) in [6.45, 7) is 0.969. The van der Waals surface area contributed by atoms with E-state index in [2.05, 4.69) is 0 Å². The average Bonchev–Trinajstić information content (AvgIpc) is 2.36. The van der Waals surface area contributed by atoms with Crippen LogP contribution in [0.5, 0.6) is 0 Å². The Bertz CT molecular complexity index is 104. The molecule has 10 heavy (non-hydrogen) atoms. The second kappa shape index (κ2) is 3.25. The Balaban J connectivity index is 2.32. The van der Waals surface area contributed by atoms with Gasteiger partial charge in [0.25, 0.3) is 6.43 Å². The minimum Gasteiger partial charge on any atom is -0.381 e. The van der Waals surface area contributed by atoms with Crippen LogP contribution in [0.2, 0.25) is 0 Å². The first-order chi connectivity index (χ1) is 4.72. The van der Waals surface area contributed by atoms with Gasteiger partial charge < -0.3 is 10.5 Å². The quantitative estimate of drug-likeness (QED) is 0.627. The van der Waals surface area contributed by atoms with Crippen LogP contribution in [0, 0.1) is 5.92 Å². The zero-order chi connectivity index (χ0) is 7.56. The van der Waals surface area contributed by atoms with Gasteiger partial charge in [0.05, 0.1) is 12.6 Å². The molecule has 2 nitrogen and oxygen atoms in total. The summed E-state index contributed by atoms with van der Waals surface area (Å²) in [6.07, 6.45) is -1.74. The van der Waals surface area contributed by atoms with Crippen LogP contribution in [0.25, 0.3) is 0 Å². The van der Waals surface area contributed by atoms with Gasteiger partial charge in [-0.15, -0.1) is 0 Å². The molecule has 2 atom stereocenters. The lowest BCUT2D eigenvalue weighted by Crippen LogP contribution is -2.37. The maximum atomic E-state index is 11.9. The molecule has 0 spiro atoms. The van der Waals surface area contributed by atoms with Gasteiger partial charge in [0.15, 0.2) is 0 Å². The molecule has 0 amide bonds. The first-order valence-corrected chi connectivity index (χ1v) is 3.33. The number of alkyl halides is 2. The fourth-order valence-corrected chi connectivity index (χ4v) is 1.06. The van der Waals surface area contributed by atoms with E-state index < -0.39 is 12.5 Å². The lowest BCUT2D eigenvalue weighted by atomic mass is 10.0. The van der Waals surface area contributed by atoms with Crippen molar-refractivity contribution in [3.63, 3.8) is 0 Å². The molecule has 0 radical (unpaired) electrons. The Labute approximate surface area is 58.3 Å². The highest BCUT2D eigenvalue weighted by molar-refractivity contribution is 4.77. The molecule has 0 aliphatic carbocycles. The fourth-order valence-electron chi connectivity index (χ4n) is 1.06. The number of hydrogen-bond donors (Lipinski definition) is 1. The zero-order valence-corrected chi connectivity index (χ0v) is 5.59. The number of hydrogen-bond acceptors (Lipinski definition) is 2. The van der Waals surface area contributed by atoms with E-state index in [1.807, 2.05) is 0 Å². The SMILES string of the molecule is N[C@@H](C(F)F)C1CCOC1. The lowest BCUT2D eigenvalue weighted by molar-refractivity contribution is 0.0814. The molecule has 1 aliphatic rings. The summed E-state index contributed by atoms with van der Waals surface area (Å²) in [4.78, 5) is 0. The van der Waals surface area contributed by atoms with E-state index in [4.69, 9.17) is 10.5 Å². The highest BCUT2D eigenvalue weighted by Gasteiger charge is 2.28. The number of ether oxygens (including phenoxy) is 1. The van der Waals surface area contributed by atoms with Gasteiger partial charge in [0.1, 0.15) is 0 Å². The number of halogens is 2. The van der Waals surface area contributed by atoms with Crippen LogP contribution in [0.3, 0.4) is 0 Å². The predicted molar refractivity (Wildman–Crippen MR) is 32.9 cm³/mol. The molecule has 0 aromatic rings. The Morgan fingerprint density at radius 2 is 2.20 bits per heavy atom. The normalized spacial score (nSPS) is 29.4. The van der Waals surface area contributed by atoms with Gasteiger partial charge in [-0.25, -0.2) is 8.78 Å². The molecule has 1 saturated heterocycles. The van der Waals surface area contributed by atoms with E-state index >= 15 is 0 Å². The summed E-state index contributed by atoms with van der Waals surface area (Å²) in [6, 6.07) is -0.998. The minimum atomic E-state index is -2.41. The van der Waals surface area contributed by atoms with Crippen molar-refractivity contribution in [2.24, 2.45) is 11.7 Å². The van der Waals surface area contributed by atoms with E-state index in [9.17, 15) is 8.78 Å². The summed E-state index contributed by atoms with van der Waals surface area (Å²) in [5.41, 5.74) is 5.19. The van der Waals surface area contributed by atoms with Crippen molar-refractivity contribution in [2.45, 2.75) is 18.9 Å². The van der Waals surface area contributed by atoms with E-state index in [0.717, 1.165) is 0 Å². The van der Waals surface area contributed by atoms with Gasteiger partial charge in [-0.2, -0.15) is 0 Å². The van der Waals surface area contributed by atoms with E-state index in [1.165, 1.54) is 0 Å². The molecule has 0 saturated carbocycles. The second-order valence-corrected chi connectivity index (χ2v) is 2.54. The second-order valence-electron chi connectivity index (χ2n) is 2.54. The molecular weight excluding hydrogens is 140 g/mol. The average molecular weight is 151 g/mol. The molecule has 1 fully saturated rings.